The number of halogens is 2. The molecule has 0 bridgehead atoms. The molecule has 108 valence electrons. The lowest BCUT2D eigenvalue weighted by Crippen LogP contribution is -1.91. The first kappa shape index (κ1) is 14.0. The van der Waals surface area contributed by atoms with Gasteiger partial charge < -0.3 is 5.32 Å². The predicted molar refractivity (Wildman–Crippen MR) is 101 cm³/mol. The summed E-state index contributed by atoms with van der Waals surface area (Å²) in [5.41, 5.74) is 8.57. The molecule has 0 amide bonds. The first-order valence-corrected chi connectivity index (χ1v) is 8.68. The van der Waals surface area contributed by atoms with Gasteiger partial charge in [-0.25, -0.2) is 0 Å². The number of anilines is 2. The van der Waals surface area contributed by atoms with Crippen LogP contribution in [0.3, 0.4) is 0 Å². The lowest BCUT2D eigenvalue weighted by atomic mass is 9.91. The molecule has 0 atom stereocenters. The van der Waals surface area contributed by atoms with Crippen molar-refractivity contribution < 1.29 is 0 Å². The van der Waals surface area contributed by atoms with Gasteiger partial charge in [0.2, 0.25) is 0 Å². The molecule has 0 unspecified atom stereocenters. The molecule has 0 aliphatic carbocycles. The standard InChI is InChI=1S/C19H13Br2N/c1-11-3-2-4-14-15-9-12(20)5-7-17(15)22-18-8-6-13(21)10-16(18)19(11)14/h2-10,22H,1H3. The molecule has 0 aromatic heterocycles. The summed E-state index contributed by atoms with van der Waals surface area (Å²) in [6.45, 7) is 2.17. The van der Waals surface area contributed by atoms with Gasteiger partial charge in [0.25, 0.3) is 0 Å². The van der Waals surface area contributed by atoms with Crippen molar-refractivity contribution in [1.29, 1.82) is 0 Å². The van der Waals surface area contributed by atoms with Gasteiger partial charge in [0.15, 0.2) is 0 Å². The van der Waals surface area contributed by atoms with Crippen molar-refractivity contribution in [2.24, 2.45) is 0 Å². The van der Waals surface area contributed by atoms with Crippen LogP contribution in [-0.2, 0) is 0 Å². The fourth-order valence-electron chi connectivity index (χ4n) is 3.08. The van der Waals surface area contributed by atoms with Crippen LogP contribution in [0.4, 0.5) is 11.4 Å². The van der Waals surface area contributed by atoms with E-state index >= 15 is 0 Å². The van der Waals surface area contributed by atoms with Gasteiger partial charge in [-0.2, -0.15) is 0 Å². The smallest absolute Gasteiger partial charge is 0.0465 e. The first-order valence-electron chi connectivity index (χ1n) is 7.10. The van der Waals surface area contributed by atoms with Crippen LogP contribution in [0.2, 0.25) is 0 Å². The van der Waals surface area contributed by atoms with Crippen molar-refractivity contribution in [3.63, 3.8) is 0 Å². The van der Waals surface area contributed by atoms with Crippen LogP contribution in [0.15, 0.2) is 63.5 Å². The number of fused-ring (bicyclic) bond motifs is 5. The van der Waals surface area contributed by atoms with Gasteiger partial charge in [0.05, 0.1) is 0 Å². The highest BCUT2D eigenvalue weighted by Crippen LogP contribution is 2.46. The molecule has 1 aliphatic heterocycles. The second-order valence-corrected chi connectivity index (χ2v) is 7.33. The highest BCUT2D eigenvalue weighted by Gasteiger charge is 2.20. The molecule has 0 radical (unpaired) electrons. The summed E-state index contributed by atoms with van der Waals surface area (Å²) in [7, 11) is 0. The van der Waals surface area contributed by atoms with Crippen LogP contribution in [0.5, 0.6) is 0 Å². The Bertz CT molecular complexity index is 900. The minimum atomic E-state index is 1.09. The molecule has 0 saturated heterocycles. The molecule has 1 aliphatic rings. The maximum absolute atomic E-state index is 3.60. The van der Waals surface area contributed by atoms with E-state index in [4.69, 9.17) is 0 Å². The molecule has 0 fully saturated rings. The summed E-state index contributed by atoms with van der Waals surface area (Å²) < 4.78 is 2.18. The third kappa shape index (κ3) is 2.20. The molecule has 0 spiro atoms. The minimum Gasteiger partial charge on any atom is -0.355 e. The number of benzene rings is 3. The minimum absolute atomic E-state index is 1.09. The van der Waals surface area contributed by atoms with Gasteiger partial charge in [-0.3, -0.25) is 0 Å². The van der Waals surface area contributed by atoms with E-state index < -0.39 is 0 Å². The van der Waals surface area contributed by atoms with E-state index in [1.807, 2.05) is 0 Å². The molecule has 1 N–H and O–H groups in total. The fraction of sp³-hybridized carbons (Fsp3) is 0.0526. The Kier molecular flexibility index (Phi) is 3.35. The Hall–Kier alpha value is -1.58. The number of hydrogen-bond donors (Lipinski definition) is 1. The Morgan fingerprint density at radius 1 is 0.727 bits per heavy atom. The Morgan fingerprint density at radius 3 is 2.09 bits per heavy atom. The summed E-state index contributed by atoms with van der Waals surface area (Å²) in [6, 6.07) is 19.3. The zero-order chi connectivity index (χ0) is 15.3. The maximum Gasteiger partial charge on any atom is 0.0465 e. The average Bonchev–Trinajstić information content (AvgIpc) is 2.63. The van der Waals surface area contributed by atoms with Gasteiger partial charge in [-0.1, -0.05) is 50.1 Å². The Morgan fingerprint density at radius 2 is 1.36 bits per heavy atom. The summed E-state index contributed by atoms with van der Waals surface area (Å²) in [6.07, 6.45) is 0. The van der Waals surface area contributed by atoms with Crippen molar-refractivity contribution in [2.45, 2.75) is 6.92 Å². The summed E-state index contributed by atoms with van der Waals surface area (Å²) in [4.78, 5) is 0. The van der Waals surface area contributed by atoms with E-state index in [2.05, 4.69) is 98.7 Å². The van der Waals surface area contributed by atoms with E-state index in [9.17, 15) is 0 Å². The number of rotatable bonds is 0. The summed E-state index contributed by atoms with van der Waals surface area (Å²) in [5, 5.41) is 3.59. The second-order valence-electron chi connectivity index (χ2n) is 5.50. The van der Waals surface area contributed by atoms with Crippen LogP contribution in [0.1, 0.15) is 5.56 Å². The maximum atomic E-state index is 3.60. The largest absolute Gasteiger partial charge is 0.355 e. The molecule has 1 heterocycles. The zero-order valence-electron chi connectivity index (χ0n) is 12.0. The fourth-order valence-corrected chi connectivity index (χ4v) is 3.80. The predicted octanol–water partition coefficient (Wildman–Crippen LogP) is 6.91. The molecule has 3 aromatic carbocycles. The molecule has 4 rings (SSSR count). The number of hydrogen-bond acceptors (Lipinski definition) is 1. The van der Waals surface area contributed by atoms with Gasteiger partial charge in [0.1, 0.15) is 0 Å². The second kappa shape index (κ2) is 5.25. The quantitative estimate of drug-likeness (QED) is 0.329. The van der Waals surface area contributed by atoms with E-state index in [0.717, 1.165) is 20.3 Å². The topological polar surface area (TPSA) is 12.0 Å². The van der Waals surface area contributed by atoms with Crippen LogP contribution >= 0.6 is 31.9 Å². The molecular weight excluding hydrogens is 402 g/mol. The van der Waals surface area contributed by atoms with E-state index in [1.165, 1.54) is 27.8 Å². The number of aryl methyl sites for hydroxylation is 1. The molecular formula is C19H13Br2N. The first-order chi connectivity index (χ1) is 10.6. The van der Waals surface area contributed by atoms with Crippen LogP contribution in [0, 0.1) is 6.92 Å². The lowest BCUT2D eigenvalue weighted by molar-refractivity contribution is 1.46. The normalized spacial score (nSPS) is 11.8. The van der Waals surface area contributed by atoms with Crippen LogP contribution < -0.4 is 5.32 Å². The Balaban J connectivity index is 2.15. The monoisotopic (exact) mass is 413 g/mol. The highest BCUT2D eigenvalue weighted by molar-refractivity contribution is 9.10. The summed E-state index contributed by atoms with van der Waals surface area (Å²) in [5.74, 6) is 0. The lowest BCUT2D eigenvalue weighted by Gasteiger charge is -2.13. The van der Waals surface area contributed by atoms with Crippen molar-refractivity contribution in [2.75, 3.05) is 5.32 Å². The molecule has 0 saturated carbocycles. The van der Waals surface area contributed by atoms with Crippen LogP contribution in [-0.4, -0.2) is 0 Å². The molecule has 1 nitrogen and oxygen atoms in total. The van der Waals surface area contributed by atoms with Crippen molar-refractivity contribution >= 4 is 43.2 Å². The van der Waals surface area contributed by atoms with Crippen molar-refractivity contribution in [3.8, 4) is 22.3 Å². The molecule has 3 aromatic rings. The third-order valence-corrected chi connectivity index (χ3v) is 5.05. The van der Waals surface area contributed by atoms with Gasteiger partial charge in [-0.05, 0) is 60.0 Å². The van der Waals surface area contributed by atoms with E-state index in [-0.39, 0.29) is 0 Å². The summed E-state index contributed by atoms with van der Waals surface area (Å²) >= 11 is 7.20. The molecule has 3 heteroatoms. The highest BCUT2D eigenvalue weighted by atomic mass is 79.9. The Labute approximate surface area is 146 Å². The average molecular weight is 415 g/mol. The molecule has 22 heavy (non-hydrogen) atoms. The van der Waals surface area contributed by atoms with E-state index in [0.29, 0.717) is 0 Å². The van der Waals surface area contributed by atoms with Crippen LogP contribution in [0.25, 0.3) is 22.3 Å². The third-order valence-electron chi connectivity index (χ3n) is 4.06. The van der Waals surface area contributed by atoms with Gasteiger partial charge in [0, 0.05) is 31.4 Å². The van der Waals surface area contributed by atoms with Crippen molar-refractivity contribution in [3.05, 3.63) is 69.1 Å². The zero-order valence-corrected chi connectivity index (χ0v) is 15.1. The van der Waals surface area contributed by atoms with Gasteiger partial charge in [-0.15, -0.1) is 0 Å². The SMILES string of the molecule is Cc1cccc2c1-c1cc(Br)ccc1Nc1ccc(Br)cc1-2. The number of nitrogens with one attached hydrogen (secondary N) is 1. The van der Waals surface area contributed by atoms with Gasteiger partial charge >= 0.3 is 0 Å². The van der Waals surface area contributed by atoms with E-state index in [1.54, 1.807) is 0 Å². The van der Waals surface area contributed by atoms with Crippen molar-refractivity contribution in [1.82, 2.24) is 0 Å².